The molecule has 6 heteroatoms. The molecule has 3 aliphatic rings. The van der Waals surface area contributed by atoms with Crippen LogP contribution in [0.4, 0.5) is 0 Å². The Morgan fingerprint density at radius 2 is 1.97 bits per heavy atom. The first-order valence-electron chi connectivity index (χ1n) is 13.9. The van der Waals surface area contributed by atoms with Crippen LogP contribution in [0.3, 0.4) is 0 Å². The summed E-state index contributed by atoms with van der Waals surface area (Å²) in [6.45, 7) is 3.06. The number of ether oxygens (including phenoxy) is 4. The summed E-state index contributed by atoms with van der Waals surface area (Å²) in [7, 11) is 0. The molecule has 0 amide bonds. The Morgan fingerprint density at radius 1 is 1.11 bits per heavy atom. The molecular weight excluding hydrogens is 468 g/mol. The third kappa shape index (κ3) is 6.73. The molecule has 2 aromatic carbocycles. The molecule has 2 aromatic rings. The lowest BCUT2D eigenvalue weighted by Gasteiger charge is -2.33. The summed E-state index contributed by atoms with van der Waals surface area (Å²) >= 11 is 0. The number of carbonyl (C=O) groups excluding carboxylic acids is 1. The van der Waals surface area contributed by atoms with Crippen LogP contribution in [-0.4, -0.2) is 42.8 Å². The minimum atomic E-state index is -0.374. The van der Waals surface area contributed by atoms with Crippen molar-refractivity contribution in [3.05, 3.63) is 65.2 Å². The number of aliphatic hydroxyl groups excluding tert-OH is 1. The molecule has 1 saturated heterocycles. The largest absolute Gasteiger partial charge is 0.482 e. The fraction of sp³-hybridized carbons (Fsp3) is 0.581. The van der Waals surface area contributed by atoms with E-state index in [2.05, 4.69) is 13.0 Å². The predicted molar refractivity (Wildman–Crippen MR) is 140 cm³/mol. The fourth-order valence-electron chi connectivity index (χ4n) is 6.43. The van der Waals surface area contributed by atoms with Crippen LogP contribution in [-0.2, 0) is 38.5 Å². The first-order chi connectivity index (χ1) is 18.1. The highest BCUT2D eigenvalue weighted by molar-refractivity contribution is 5.71. The number of hydrogen-bond acceptors (Lipinski definition) is 6. The van der Waals surface area contributed by atoms with E-state index in [4.69, 9.17) is 18.9 Å². The minimum Gasteiger partial charge on any atom is -0.482 e. The molecular formula is C31H40O6. The molecule has 0 bridgehead atoms. The van der Waals surface area contributed by atoms with E-state index in [1.165, 1.54) is 17.5 Å². The number of hydrogen-bond donors (Lipinski definition) is 1. The minimum absolute atomic E-state index is 0.0689. The van der Waals surface area contributed by atoms with Crippen molar-refractivity contribution in [1.29, 1.82) is 0 Å². The van der Waals surface area contributed by atoms with E-state index in [0.29, 0.717) is 11.8 Å². The predicted octanol–water partition coefficient (Wildman–Crippen LogP) is 5.23. The number of carbonyl (C=O) groups is 1. The van der Waals surface area contributed by atoms with E-state index in [1.807, 2.05) is 42.5 Å². The van der Waals surface area contributed by atoms with Gasteiger partial charge in [-0.25, -0.2) is 4.79 Å². The van der Waals surface area contributed by atoms with Crippen LogP contribution in [0.5, 0.6) is 5.75 Å². The van der Waals surface area contributed by atoms with Crippen LogP contribution in [0.25, 0.3) is 0 Å². The van der Waals surface area contributed by atoms with Gasteiger partial charge in [0, 0.05) is 6.61 Å². The number of aliphatic hydroxyl groups is 1. The topological polar surface area (TPSA) is 74.2 Å². The summed E-state index contributed by atoms with van der Waals surface area (Å²) in [6, 6.07) is 15.8. The lowest BCUT2D eigenvalue weighted by atomic mass is 9.73. The highest BCUT2D eigenvalue weighted by Gasteiger charge is 2.45. The maximum absolute atomic E-state index is 12.3. The Labute approximate surface area is 220 Å². The zero-order chi connectivity index (χ0) is 25.6. The maximum Gasteiger partial charge on any atom is 0.344 e. The second-order valence-electron chi connectivity index (χ2n) is 10.9. The summed E-state index contributed by atoms with van der Waals surface area (Å²) in [4.78, 5) is 12.3. The Balaban J connectivity index is 1.14. The van der Waals surface area contributed by atoms with Crippen molar-refractivity contribution in [3.8, 4) is 5.75 Å². The van der Waals surface area contributed by atoms with Crippen LogP contribution in [0, 0.1) is 17.8 Å². The molecule has 5 rings (SSSR count). The number of benzene rings is 2. The average molecular weight is 509 g/mol. The van der Waals surface area contributed by atoms with E-state index in [-0.39, 0.29) is 43.6 Å². The van der Waals surface area contributed by atoms with Gasteiger partial charge in [-0.15, -0.1) is 0 Å². The highest BCUT2D eigenvalue weighted by Crippen LogP contribution is 2.48. The quantitative estimate of drug-likeness (QED) is 0.443. The van der Waals surface area contributed by atoms with Crippen LogP contribution >= 0.6 is 0 Å². The molecule has 2 fully saturated rings. The van der Waals surface area contributed by atoms with Crippen LogP contribution < -0.4 is 4.74 Å². The van der Waals surface area contributed by atoms with Gasteiger partial charge in [-0.1, -0.05) is 42.5 Å². The van der Waals surface area contributed by atoms with Gasteiger partial charge in [-0.2, -0.15) is 0 Å². The van der Waals surface area contributed by atoms with Crippen molar-refractivity contribution in [3.63, 3.8) is 0 Å². The number of fused-ring (bicyclic) bond motifs is 2. The Hall–Kier alpha value is -2.41. The van der Waals surface area contributed by atoms with Crippen molar-refractivity contribution in [2.24, 2.45) is 17.8 Å². The molecule has 1 heterocycles. The summed E-state index contributed by atoms with van der Waals surface area (Å²) in [5, 5.41) is 11.0. The van der Waals surface area contributed by atoms with Crippen molar-refractivity contribution in [1.82, 2.24) is 0 Å². The van der Waals surface area contributed by atoms with Crippen LogP contribution in [0.1, 0.15) is 62.1 Å². The van der Waals surface area contributed by atoms with Gasteiger partial charge in [0.2, 0.25) is 0 Å². The van der Waals surface area contributed by atoms with Crippen LogP contribution in [0.2, 0.25) is 0 Å². The van der Waals surface area contributed by atoms with Crippen molar-refractivity contribution >= 4 is 5.97 Å². The van der Waals surface area contributed by atoms with Crippen molar-refractivity contribution in [2.45, 2.75) is 83.4 Å². The Kier molecular flexibility index (Phi) is 8.80. The summed E-state index contributed by atoms with van der Waals surface area (Å²) < 4.78 is 23.2. The molecule has 0 radical (unpaired) electrons. The van der Waals surface area contributed by atoms with Gasteiger partial charge in [0.1, 0.15) is 12.4 Å². The molecule has 2 unspecified atom stereocenters. The van der Waals surface area contributed by atoms with E-state index >= 15 is 0 Å². The second-order valence-corrected chi connectivity index (χ2v) is 10.9. The SMILES string of the molecule is CC(CC[C@@H]1[C@H]2Cc3cccc(OCC(=O)OCc4ccccc4)c3C[C@H]2C[C@H]1O)OC1CCCCO1. The molecule has 1 saturated carbocycles. The number of rotatable bonds is 10. The first-order valence-corrected chi connectivity index (χ1v) is 13.9. The molecule has 200 valence electrons. The zero-order valence-electron chi connectivity index (χ0n) is 21.8. The smallest absolute Gasteiger partial charge is 0.344 e. The van der Waals surface area contributed by atoms with E-state index in [0.717, 1.165) is 62.9 Å². The maximum atomic E-state index is 12.3. The molecule has 0 aromatic heterocycles. The second kappa shape index (κ2) is 12.4. The normalized spacial score (nSPS) is 27.7. The Bertz CT molecular complexity index is 1020. The summed E-state index contributed by atoms with van der Waals surface area (Å²) in [6.07, 6.45) is 7.60. The Morgan fingerprint density at radius 3 is 2.78 bits per heavy atom. The van der Waals surface area contributed by atoms with Gasteiger partial charge in [-0.3, -0.25) is 0 Å². The molecule has 1 N–H and O–H groups in total. The van der Waals surface area contributed by atoms with Gasteiger partial charge < -0.3 is 24.1 Å². The molecule has 0 spiro atoms. The molecule has 2 aliphatic carbocycles. The summed E-state index contributed by atoms with van der Waals surface area (Å²) in [5.74, 6) is 1.57. The van der Waals surface area contributed by atoms with E-state index in [9.17, 15) is 9.90 Å². The molecule has 6 nitrogen and oxygen atoms in total. The first kappa shape index (κ1) is 26.2. The molecule has 1 aliphatic heterocycles. The van der Waals surface area contributed by atoms with E-state index in [1.54, 1.807) is 0 Å². The van der Waals surface area contributed by atoms with Gasteiger partial charge in [-0.05, 0) is 98.8 Å². The van der Waals surface area contributed by atoms with E-state index < -0.39 is 0 Å². The lowest BCUT2D eigenvalue weighted by Crippen LogP contribution is -2.30. The standard InChI is InChI=1S/C31H40O6/c1-21(37-31-12-5-6-15-34-31)13-14-25-26-16-23-10-7-11-29(27(23)17-24(26)18-28(25)32)35-20-30(33)36-19-22-8-3-2-4-9-22/h2-4,7-11,21,24-26,28,31-32H,5-6,12-20H2,1H3/t21?,24-,25+,26-,28+,31?/m0/s1. The monoisotopic (exact) mass is 508 g/mol. The number of esters is 1. The van der Waals surface area contributed by atoms with Gasteiger partial charge in [0.25, 0.3) is 0 Å². The summed E-state index contributed by atoms with van der Waals surface area (Å²) in [5.41, 5.74) is 3.41. The average Bonchev–Trinajstić information content (AvgIpc) is 3.23. The van der Waals surface area contributed by atoms with Crippen LogP contribution in [0.15, 0.2) is 48.5 Å². The fourth-order valence-corrected chi connectivity index (χ4v) is 6.43. The van der Waals surface area contributed by atoms with Crippen molar-refractivity contribution < 1.29 is 28.8 Å². The lowest BCUT2D eigenvalue weighted by molar-refractivity contribution is -0.186. The highest BCUT2D eigenvalue weighted by atomic mass is 16.7. The molecule has 6 atom stereocenters. The third-order valence-corrected chi connectivity index (χ3v) is 8.36. The van der Waals surface area contributed by atoms with Crippen molar-refractivity contribution in [2.75, 3.05) is 13.2 Å². The molecule has 37 heavy (non-hydrogen) atoms. The van der Waals surface area contributed by atoms with Gasteiger partial charge in [0.15, 0.2) is 12.9 Å². The zero-order valence-corrected chi connectivity index (χ0v) is 21.8. The van der Waals surface area contributed by atoms with Gasteiger partial charge in [0.05, 0.1) is 12.2 Å². The third-order valence-electron chi connectivity index (χ3n) is 8.36. The van der Waals surface area contributed by atoms with Gasteiger partial charge >= 0.3 is 5.97 Å².